The molecule has 0 radical (unpaired) electrons. The van der Waals surface area contributed by atoms with E-state index in [-0.39, 0.29) is 11.7 Å². The highest BCUT2D eigenvalue weighted by Crippen LogP contribution is 2.25. The molecule has 0 aliphatic carbocycles. The number of nitrogens with zero attached hydrogens (tertiary/aromatic N) is 2. The standard InChI is InChI=1S/C15H17N3O8/c19-14(16-8-12-2-1-5-25-12)9-26-15(20)6-10-3-4-11(17(21)22)7-13(10)18(23)24/h3-4,7,12H,1-2,5-6,8-9H2,(H,16,19). The summed E-state index contributed by atoms with van der Waals surface area (Å²) in [5.41, 5.74) is -1.05. The molecule has 0 saturated carbocycles. The number of nitro benzene ring substituents is 2. The van der Waals surface area contributed by atoms with Crippen molar-refractivity contribution in [2.75, 3.05) is 19.8 Å². The van der Waals surface area contributed by atoms with Crippen LogP contribution in [0.5, 0.6) is 0 Å². The number of nitro groups is 2. The topological polar surface area (TPSA) is 151 Å². The number of carbonyl (C=O) groups excluding carboxylic acids is 2. The van der Waals surface area contributed by atoms with Crippen LogP contribution < -0.4 is 5.32 Å². The van der Waals surface area contributed by atoms with Crippen LogP contribution in [0.15, 0.2) is 18.2 Å². The largest absolute Gasteiger partial charge is 0.455 e. The number of hydrogen-bond donors (Lipinski definition) is 1. The summed E-state index contributed by atoms with van der Waals surface area (Å²) in [4.78, 5) is 43.5. The molecule has 1 aromatic carbocycles. The molecule has 1 atom stereocenters. The first-order chi connectivity index (χ1) is 12.4. The number of benzene rings is 1. The Morgan fingerprint density at radius 2 is 2.04 bits per heavy atom. The number of esters is 1. The first kappa shape index (κ1) is 19.2. The predicted octanol–water partition coefficient (Wildman–Crippen LogP) is 0.884. The van der Waals surface area contributed by atoms with E-state index < -0.39 is 46.1 Å². The monoisotopic (exact) mass is 367 g/mol. The second-order valence-corrected chi connectivity index (χ2v) is 5.60. The first-order valence-corrected chi connectivity index (χ1v) is 7.82. The van der Waals surface area contributed by atoms with Crippen LogP contribution in [0, 0.1) is 20.2 Å². The number of hydrogen-bond acceptors (Lipinski definition) is 8. The van der Waals surface area contributed by atoms with E-state index in [1.807, 2.05) is 0 Å². The summed E-state index contributed by atoms with van der Waals surface area (Å²) in [6.45, 7) is 0.458. The highest BCUT2D eigenvalue weighted by Gasteiger charge is 2.22. The van der Waals surface area contributed by atoms with E-state index in [1.165, 1.54) is 0 Å². The third-order valence-corrected chi connectivity index (χ3v) is 3.73. The third-order valence-electron chi connectivity index (χ3n) is 3.73. The van der Waals surface area contributed by atoms with Crippen molar-refractivity contribution in [3.05, 3.63) is 44.0 Å². The lowest BCUT2D eigenvalue weighted by Crippen LogP contribution is -2.35. The lowest BCUT2D eigenvalue weighted by atomic mass is 10.1. The molecule has 0 spiro atoms. The smallest absolute Gasteiger partial charge is 0.311 e. The van der Waals surface area contributed by atoms with Crippen molar-refractivity contribution in [2.24, 2.45) is 0 Å². The lowest BCUT2D eigenvalue weighted by molar-refractivity contribution is -0.394. The van der Waals surface area contributed by atoms with E-state index in [1.54, 1.807) is 0 Å². The van der Waals surface area contributed by atoms with Crippen LogP contribution in [0.25, 0.3) is 0 Å². The molecule has 1 heterocycles. The van der Waals surface area contributed by atoms with Crippen LogP contribution in [0.4, 0.5) is 11.4 Å². The van der Waals surface area contributed by atoms with Crippen LogP contribution in [0.3, 0.4) is 0 Å². The van der Waals surface area contributed by atoms with E-state index in [2.05, 4.69) is 5.32 Å². The van der Waals surface area contributed by atoms with E-state index in [0.29, 0.717) is 13.2 Å². The van der Waals surface area contributed by atoms with Crippen molar-refractivity contribution in [2.45, 2.75) is 25.4 Å². The summed E-state index contributed by atoms with van der Waals surface area (Å²) in [5, 5.41) is 24.3. The summed E-state index contributed by atoms with van der Waals surface area (Å²) in [5.74, 6) is -1.36. The van der Waals surface area contributed by atoms with Gasteiger partial charge in [-0.05, 0) is 18.9 Å². The maximum absolute atomic E-state index is 11.8. The molecule has 1 unspecified atom stereocenters. The predicted molar refractivity (Wildman–Crippen MR) is 86.4 cm³/mol. The molecule has 1 aliphatic rings. The lowest BCUT2D eigenvalue weighted by Gasteiger charge is -2.11. The zero-order chi connectivity index (χ0) is 19.1. The Labute approximate surface area is 147 Å². The van der Waals surface area contributed by atoms with Crippen molar-refractivity contribution in [1.82, 2.24) is 5.32 Å². The average Bonchev–Trinajstić information content (AvgIpc) is 3.11. The number of rotatable bonds is 8. The second-order valence-electron chi connectivity index (χ2n) is 5.60. The Bertz CT molecular complexity index is 715. The van der Waals surface area contributed by atoms with Crippen LogP contribution >= 0.6 is 0 Å². The van der Waals surface area contributed by atoms with Crippen molar-refractivity contribution < 1.29 is 28.9 Å². The Hall–Kier alpha value is -3.08. The molecule has 26 heavy (non-hydrogen) atoms. The summed E-state index contributed by atoms with van der Waals surface area (Å²) in [7, 11) is 0. The Balaban J connectivity index is 1.85. The number of ether oxygens (including phenoxy) is 2. The number of amides is 1. The van der Waals surface area contributed by atoms with Gasteiger partial charge < -0.3 is 14.8 Å². The molecule has 11 heteroatoms. The van der Waals surface area contributed by atoms with Gasteiger partial charge >= 0.3 is 5.97 Å². The molecule has 11 nitrogen and oxygen atoms in total. The fourth-order valence-electron chi connectivity index (χ4n) is 2.42. The Morgan fingerprint density at radius 3 is 2.65 bits per heavy atom. The van der Waals surface area contributed by atoms with Crippen molar-refractivity contribution in [3.63, 3.8) is 0 Å². The maximum atomic E-state index is 11.8. The number of nitrogens with one attached hydrogen (secondary N) is 1. The zero-order valence-electron chi connectivity index (χ0n) is 13.7. The first-order valence-electron chi connectivity index (χ1n) is 7.82. The molecule has 2 rings (SSSR count). The van der Waals surface area contributed by atoms with Crippen LogP contribution in [0.2, 0.25) is 0 Å². The maximum Gasteiger partial charge on any atom is 0.311 e. The summed E-state index contributed by atoms with van der Waals surface area (Å²) in [6.07, 6.45) is 1.26. The Kier molecular flexibility index (Phi) is 6.55. The average molecular weight is 367 g/mol. The minimum atomic E-state index is -0.853. The van der Waals surface area contributed by atoms with Gasteiger partial charge in [-0.1, -0.05) is 0 Å². The van der Waals surface area contributed by atoms with Crippen LogP contribution in [-0.2, 0) is 25.5 Å². The van der Waals surface area contributed by atoms with Gasteiger partial charge in [0, 0.05) is 24.8 Å². The molecule has 1 aromatic rings. The third kappa shape index (κ3) is 5.48. The van der Waals surface area contributed by atoms with Gasteiger partial charge in [0.25, 0.3) is 17.3 Å². The molecular weight excluding hydrogens is 350 g/mol. The summed E-state index contributed by atoms with van der Waals surface area (Å²) >= 11 is 0. The quantitative estimate of drug-likeness (QED) is 0.404. The van der Waals surface area contributed by atoms with Gasteiger partial charge in [0.2, 0.25) is 0 Å². The van der Waals surface area contributed by atoms with Gasteiger partial charge in [-0.3, -0.25) is 29.8 Å². The highest BCUT2D eigenvalue weighted by atomic mass is 16.6. The van der Waals surface area contributed by atoms with Gasteiger partial charge in [-0.2, -0.15) is 0 Å². The molecule has 1 N–H and O–H groups in total. The van der Waals surface area contributed by atoms with E-state index >= 15 is 0 Å². The van der Waals surface area contributed by atoms with E-state index in [0.717, 1.165) is 31.0 Å². The molecule has 1 aliphatic heterocycles. The van der Waals surface area contributed by atoms with E-state index in [9.17, 15) is 29.8 Å². The summed E-state index contributed by atoms with van der Waals surface area (Å²) in [6, 6.07) is 2.95. The highest BCUT2D eigenvalue weighted by molar-refractivity contribution is 5.81. The minimum absolute atomic E-state index is 0.0367. The SMILES string of the molecule is O=C(COC(=O)Cc1ccc([N+](=O)[O-])cc1[N+](=O)[O-])NCC1CCCO1. The second kappa shape index (κ2) is 8.85. The zero-order valence-corrected chi connectivity index (χ0v) is 13.7. The van der Waals surface area contributed by atoms with Crippen LogP contribution in [0.1, 0.15) is 18.4 Å². The van der Waals surface area contributed by atoms with Gasteiger partial charge in [0.1, 0.15) is 0 Å². The molecular formula is C15H17N3O8. The molecule has 0 aromatic heterocycles. The normalized spacial score (nSPS) is 16.1. The van der Waals surface area contributed by atoms with Gasteiger partial charge in [-0.25, -0.2) is 0 Å². The van der Waals surface area contributed by atoms with E-state index in [4.69, 9.17) is 9.47 Å². The minimum Gasteiger partial charge on any atom is -0.455 e. The number of non-ortho nitro benzene ring substituents is 1. The number of carbonyl (C=O) groups is 2. The molecule has 1 saturated heterocycles. The van der Waals surface area contributed by atoms with Crippen molar-refractivity contribution in [3.8, 4) is 0 Å². The molecule has 140 valence electrons. The fourth-order valence-corrected chi connectivity index (χ4v) is 2.42. The fraction of sp³-hybridized carbons (Fsp3) is 0.467. The van der Waals surface area contributed by atoms with Gasteiger partial charge in [0.05, 0.1) is 28.4 Å². The van der Waals surface area contributed by atoms with Gasteiger partial charge in [-0.15, -0.1) is 0 Å². The molecule has 0 bridgehead atoms. The Morgan fingerprint density at radius 1 is 1.27 bits per heavy atom. The molecule has 1 amide bonds. The van der Waals surface area contributed by atoms with Crippen molar-refractivity contribution >= 4 is 23.3 Å². The van der Waals surface area contributed by atoms with Crippen LogP contribution in [-0.4, -0.2) is 47.6 Å². The summed E-state index contributed by atoms with van der Waals surface area (Å²) < 4.78 is 10.1. The van der Waals surface area contributed by atoms with Crippen molar-refractivity contribution in [1.29, 1.82) is 0 Å². The van der Waals surface area contributed by atoms with Gasteiger partial charge in [0.15, 0.2) is 6.61 Å². The molecule has 1 fully saturated rings.